The second-order valence-electron chi connectivity index (χ2n) is 4.50. The van der Waals surface area contributed by atoms with E-state index in [1.54, 1.807) is 18.2 Å². The van der Waals surface area contributed by atoms with Crippen molar-refractivity contribution in [3.05, 3.63) is 71.7 Å². The molecule has 0 bridgehead atoms. The lowest BCUT2D eigenvalue weighted by molar-refractivity contribution is 0.177. The van der Waals surface area contributed by atoms with Crippen LogP contribution in [0.1, 0.15) is 17.2 Å². The quantitative estimate of drug-likeness (QED) is 0.772. The van der Waals surface area contributed by atoms with E-state index in [1.807, 2.05) is 24.3 Å². The fourth-order valence-electron chi connectivity index (χ4n) is 2.24. The Kier molecular flexibility index (Phi) is 3.05. The topological polar surface area (TPSA) is 33.4 Å². The second kappa shape index (κ2) is 4.86. The van der Waals surface area contributed by atoms with Crippen LogP contribution >= 0.6 is 0 Å². The number of fused-ring (bicyclic) bond motifs is 1. The Morgan fingerprint density at radius 1 is 1.05 bits per heavy atom. The summed E-state index contributed by atoms with van der Waals surface area (Å²) in [7, 11) is 0. The Labute approximate surface area is 110 Å². The molecule has 2 nitrogen and oxygen atoms in total. The Hall–Kier alpha value is -2.13. The van der Waals surface area contributed by atoms with Crippen LogP contribution in [-0.4, -0.2) is 5.11 Å². The third kappa shape index (κ3) is 2.25. The van der Waals surface area contributed by atoms with Crippen LogP contribution in [0.2, 0.25) is 0 Å². The SMILES string of the molecule is OC(Cc1ccccc1F)c1coc2ccccc12. The van der Waals surface area contributed by atoms with Crippen molar-refractivity contribution < 1.29 is 13.9 Å². The second-order valence-corrected chi connectivity index (χ2v) is 4.50. The van der Waals surface area contributed by atoms with Crippen LogP contribution in [0.5, 0.6) is 0 Å². The third-order valence-electron chi connectivity index (χ3n) is 3.24. The highest BCUT2D eigenvalue weighted by Gasteiger charge is 2.16. The van der Waals surface area contributed by atoms with Crippen molar-refractivity contribution in [3.8, 4) is 0 Å². The highest BCUT2D eigenvalue weighted by molar-refractivity contribution is 5.81. The lowest BCUT2D eigenvalue weighted by Gasteiger charge is -2.09. The summed E-state index contributed by atoms with van der Waals surface area (Å²) in [5, 5.41) is 11.1. The maximum Gasteiger partial charge on any atom is 0.134 e. The summed E-state index contributed by atoms with van der Waals surface area (Å²) in [4.78, 5) is 0. The van der Waals surface area contributed by atoms with Crippen molar-refractivity contribution in [2.75, 3.05) is 0 Å². The molecule has 0 spiro atoms. The van der Waals surface area contributed by atoms with Crippen molar-refractivity contribution in [3.63, 3.8) is 0 Å². The summed E-state index contributed by atoms with van der Waals surface area (Å²) in [5.41, 5.74) is 1.92. The van der Waals surface area contributed by atoms with E-state index in [4.69, 9.17) is 4.42 Å². The number of halogens is 1. The molecule has 0 fully saturated rings. The van der Waals surface area contributed by atoms with Gasteiger partial charge in [-0.2, -0.15) is 0 Å². The van der Waals surface area contributed by atoms with Crippen molar-refractivity contribution >= 4 is 11.0 Å². The lowest BCUT2D eigenvalue weighted by Crippen LogP contribution is -2.02. The molecule has 0 aliphatic rings. The molecule has 1 atom stereocenters. The summed E-state index contributed by atoms with van der Waals surface area (Å²) >= 11 is 0. The molecule has 1 unspecified atom stereocenters. The average Bonchev–Trinajstić information content (AvgIpc) is 2.85. The van der Waals surface area contributed by atoms with Gasteiger partial charge in [0.2, 0.25) is 0 Å². The van der Waals surface area contributed by atoms with Crippen molar-refractivity contribution in [2.24, 2.45) is 0 Å². The normalized spacial score (nSPS) is 12.7. The van der Waals surface area contributed by atoms with E-state index in [-0.39, 0.29) is 12.2 Å². The van der Waals surface area contributed by atoms with E-state index in [1.165, 1.54) is 12.3 Å². The van der Waals surface area contributed by atoms with Crippen LogP contribution < -0.4 is 0 Å². The van der Waals surface area contributed by atoms with Crippen LogP contribution in [-0.2, 0) is 6.42 Å². The van der Waals surface area contributed by atoms with Gasteiger partial charge in [-0.15, -0.1) is 0 Å². The molecule has 0 saturated heterocycles. The van der Waals surface area contributed by atoms with Crippen LogP contribution in [0.25, 0.3) is 11.0 Å². The summed E-state index contributed by atoms with van der Waals surface area (Å²) < 4.78 is 19.0. The minimum Gasteiger partial charge on any atom is -0.464 e. The number of para-hydroxylation sites is 1. The molecule has 96 valence electrons. The number of hydrogen-bond acceptors (Lipinski definition) is 2. The van der Waals surface area contributed by atoms with Gasteiger partial charge in [0.15, 0.2) is 0 Å². The van der Waals surface area contributed by atoms with Gasteiger partial charge >= 0.3 is 0 Å². The summed E-state index contributed by atoms with van der Waals surface area (Å²) in [6, 6.07) is 14.0. The van der Waals surface area contributed by atoms with E-state index in [2.05, 4.69) is 0 Å². The number of hydrogen-bond donors (Lipinski definition) is 1. The first-order chi connectivity index (χ1) is 9.25. The molecule has 1 aromatic heterocycles. The van der Waals surface area contributed by atoms with Crippen LogP contribution in [0.15, 0.2) is 59.2 Å². The zero-order chi connectivity index (χ0) is 13.2. The molecule has 19 heavy (non-hydrogen) atoms. The maximum absolute atomic E-state index is 13.6. The summed E-state index contributed by atoms with van der Waals surface area (Å²) in [5.74, 6) is -0.297. The zero-order valence-corrected chi connectivity index (χ0v) is 10.2. The summed E-state index contributed by atoms with van der Waals surface area (Å²) in [6.45, 7) is 0. The van der Waals surface area contributed by atoms with Gasteiger partial charge in [0.25, 0.3) is 0 Å². The highest BCUT2D eigenvalue weighted by Crippen LogP contribution is 2.28. The van der Waals surface area contributed by atoms with Crippen molar-refractivity contribution in [1.82, 2.24) is 0 Å². The predicted molar refractivity (Wildman–Crippen MR) is 71.3 cm³/mol. The van der Waals surface area contributed by atoms with Gasteiger partial charge in [-0.25, -0.2) is 4.39 Å². The van der Waals surface area contributed by atoms with Crippen LogP contribution in [0.4, 0.5) is 4.39 Å². The van der Waals surface area contributed by atoms with Gasteiger partial charge in [0.1, 0.15) is 11.4 Å². The van der Waals surface area contributed by atoms with E-state index in [9.17, 15) is 9.50 Å². The Balaban J connectivity index is 1.92. The molecule has 0 amide bonds. The van der Waals surface area contributed by atoms with Crippen molar-refractivity contribution in [2.45, 2.75) is 12.5 Å². The Bertz CT molecular complexity index is 703. The molecule has 0 aliphatic heterocycles. The average molecular weight is 256 g/mol. The predicted octanol–water partition coefficient (Wildman–Crippen LogP) is 3.85. The van der Waals surface area contributed by atoms with Gasteiger partial charge in [0, 0.05) is 17.4 Å². The molecule has 3 rings (SSSR count). The largest absolute Gasteiger partial charge is 0.464 e. The molecule has 0 radical (unpaired) electrons. The van der Waals surface area contributed by atoms with E-state index < -0.39 is 6.10 Å². The monoisotopic (exact) mass is 256 g/mol. The first kappa shape index (κ1) is 11.9. The molecule has 2 aromatic carbocycles. The molecule has 0 saturated carbocycles. The number of rotatable bonds is 3. The molecule has 0 aliphatic carbocycles. The first-order valence-electron chi connectivity index (χ1n) is 6.13. The number of benzene rings is 2. The fourth-order valence-corrected chi connectivity index (χ4v) is 2.24. The molecular formula is C16H13FO2. The van der Waals surface area contributed by atoms with E-state index >= 15 is 0 Å². The zero-order valence-electron chi connectivity index (χ0n) is 10.2. The highest BCUT2D eigenvalue weighted by atomic mass is 19.1. The fraction of sp³-hybridized carbons (Fsp3) is 0.125. The van der Waals surface area contributed by atoms with Crippen LogP contribution in [0, 0.1) is 5.82 Å². The number of aliphatic hydroxyl groups is 1. The standard InChI is InChI=1S/C16H13FO2/c17-14-7-3-1-5-11(14)9-15(18)13-10-19-16-8-4-2-6-12(13)16/h1-8,10,15,18H,9H2. The van der Waals surface area contributed by atoms with Crippen molar-refractivity contribution in [1.29, 1.82) is 0 Å². The molecule has 3 heteroatoms. The lowest BCUT2D eigenvalue weighted by atomic mass is 10.0. The Morgan fingerprint density at radius 3 is 2.63 bits per heavy atom. The van der Waals surface area contributed by atoms with Gasteiger partial charge in [-0.1, -0.05) is 36.4 Å². The minimum atomic E-state index is -0.777. The summed E-state index contributed by atoms with van der Waals surface area (Å²) in [6.07, 6.45) is 0.993. The van der Waals surface area contributed by atoms with Gasteiger partial charge in [0.05, 0.1) is 12.4 Å². The smallest absolute Gasteiger partial charge is 0.134 e. The van der Waals surface area contributed by atoms with E-state index in [0.29, 0.717) is 11.1 Å². The molecular weight excluding hydrogens is 243 g/mol. The Morgan fingerprint density at radius 2 is 1.79 bits per heavy atom. The third-order valence-corrected chi connectivity index (χ3v) is 3.24. The molecule has 3 aromatic rings. The van der Waals surface area contributed by atoms with Gasteiger partial charge in [-0.3, -0.25) is 0 Å². The number of aliphatic hydroxyl groups excluding tert-OH is 1. The molecule has 1 N–H and O–H groups in total. The molecule has 1 heterocycles. The minimum absolute atomic E-state index is 0.232. The maximum atomic E-state index is 13.6. The van der Waals surface area contributed by atoms with Gasteiger partial charge in [-0.05, 0) is 17.7 Å². The van der Waals surface area contributed by atoms with E-state index in [0.717, 1.165) is 11.0 Å². The van der Waals surface area contributed by atoms with Gasteiger partial charge < -0.3 is 9.52 Å². The number of furan rings is 1. The van der Waals surface area contributed by atoms with Crippen LogP contribution in [0.3, 0.4) is 0 Å². The first-order valence-corrected chi connectivity index (χ1v) is 6.13.